The minimum atomic E-state index is 1.25. The summed E-state index contributed by atoms with van der Waals surface area (Å²) in [5.41, 5.74) is 1.51. The molecule has 0 nitrogen and oxygen atoms in total. The quantitative estimate of drug-likeness (QED) is 0.187. The van der Waals surface area contributed by atoms with Gasteiger partial charge in [-0.15, -0.1) is 11.3 Å². The SMILES string of the molecule is CCCCCCCCCCCCCCCCCCCCc1ccsc1Br. The Morgan fingerprint density at radius 2 is 1.00 bits per heavy atom. The minimum absolute atomic E-state index is 1.25. The number of unbranched alkanes of at least 4 members (excludes halogenated alkanes) is 17. The first kappa shape index (κ1) is 24.2. The summed E-state index contributed by atoms with van der Waals surface area (Å²) in [6.45, 7) is 2.30. The largest absolute Gasteiger partial charge is 0.137 e. The molecule has 0 atom stereocenters. The Kier molecular flexibility index (Phi) is 17.3. The van der Waals surface area contributed by atoms with Crippen molar-refractivity contribution in [1.82, 2.24) is 0 Å². The molecule has 0 saturated carbocycles. The number of rotatable bonds is 19. The Labute approximate surface area is 176 Å². The number of thiophene rings is 1. The lowest BCUT2D eigenvalue weighted by Gasteiger charge is -2.04. The van der Waals surface area contributed by atoms with Crippen LogP contribution in [0.4, 0.5) is 0 Å². The lowest BCUT2D eigenvalue weighted by atomic mass is 10.0. The van der Waals surface area contributed by atoms with Gasteiger partial charge in [0.25, 0.3) is 0 Å². The van der Waals surface area contributed by atoms with E-state index in [0.717, 1.165) is 0 Å². The standard InChI is InChI=1S/C24H43BrS/c1-2-3-4-5-6-7-8-9-10-11-12-13-14-15-16-17-18-19-20-23-21-22-26-24(23)25/h21-22H,2-20H2,1H3. The number of hydrogen-bond donors (Lipinski definition) is 0. The maximum Gasteiger partial charge on any atom is 0.0730 e. The van der Waals surface area contributed by atoms with Crippen LogP contribution in [0.1, 0.15) is 128 Å². The van der Waals surface area contributed by atoms with Crippen LogP contribution in [0.5, 0.6) is 0 Å². The molecule has 1 rings (SSSR count). The average molecular weight is 444 g/mol. The molecule has 0 aliphatic carbocycles. The van der Waals surface area contributed by atoms with Gasteiger partial charge >= 0.3 is 0 Å². The molecule has 0 fully saturated rings. The second kappa shape index (κ2) is 18.5. The molecule has 0 saturated heterocycles. The Hall–Kier alpha value is 0.180. The molecule has 2 heteroatoms. The maximum atomic E-state index is 3.64. The molecule has 0 amide bonds. The van der Waals surface area contributed by atoms with Crippen LogP contribution in [-0.2, 0) is 6.42 Å². The number of halogens is 1. The molecule has 0 bridgehead atoms. The van der Waals surface area contributed by atoms with Gasteiger partial charge in [-0.2, -0.15) is 0 Å². The topological polar surface area (TPSA) is 0 Å². The summed E-state index contributed by atoms with van der Waals surface area (Å²) in [5.74, 6) is 0. The average Bonchev–Trinajstić information content (AvgIpc) is 3.05. The van der Waals surface area contributed by atoms with Crippen molar-refractivity contribution in [3.8, 4) is 0 Å². The lowest BCUT2D eigenvalue weighted by molar-refractivity contribution is 0.525. The van der Waals surface area contributed by atoms with E-state index in [9.17, 15) is 0 Å². The molecule has 0 spiro atoms. The van der Waals surface area contributed by atoms with E-state index in [1.165, 1.54) is 131 Å². The number of aryl methyl sites for hydroxylation is 1. The van der Waals surface area contributed by atoms with Gasteiger partial charge in [-0.1, -0.05) is 116 Å². The van der Waals surface area contributed by atoms with E-state index in [4.69, 9.17) is 0 Å². The molecule has 1 heterocycles. The highest BCUT2D eigenvalue weighted by molar-refractivity contribution is 9.11. The fraction of sp³-hybridized carbons (Fsp3) is 0.833. The Balaban J connectivity index is 1.69. The van der Waals surface area contributed by atoms with E-state index in [2.05, 4.69) is 34.3 Å². The van der Waals surface area contributed by atoms with Gasteiger partial charge in [0.05, 0.1) is 3.79 Å². The summed E-state index contributed by atoms with van der Waals surface area (Å²) in [7, 11) is 0. The molecule has 0 N–H and O–H groups in total. The van der Waals surface area contributed by atoms with E-state index in [0.29, 0.717) is 0 Å². The minimum Gasteiger partial charge on any atom is -0.137 e. The Bertz CT molecular complexity index is 399. The van der Waals surface area contributed by atoms with Crippen molar-refractivity contribution in [2.45, 2.75) is 129 Å². The highest BCUT2D eigenvalue weighted by Gasteiger charge is 2.00. The van der Waals surface area contributed by atoms with Crippen molar-refractivity contribution in [2.75, 3.05) is 0 Å². The molecule has 0 aromatic carbocycles. The third-order valence-corrected chi connectivity index (χ3v) is 7.30. The second-order valence-corrected chi connectivity index (χ2v) is 10.2. The monoisotopic (exact) mass is 442 g/mol. The van der Waals surface area contributed by atoms with Gasteiger partial charge in [0, 0.05) is 0 Å². The summed E-state index contributed by atoms with van der Waals surface area (Å²) in [6, 6.07) is 2.27. The predicted octanol–water partition coefficient (Wildman–Crippen LogP) is 10.1. The van der Waals surface area contributed by atoms with Gasteiger partial charge in [-0.05, 0) is 45.8 Å². The van der Waals surface area contributed by atoms with Crippen LogP contribution < -0.4 is 0 Å². The maximum absolute atomic E-state index is 3.64. The molecule has 0 aliphatic heterocycles. The first-order valence-electron chi connectivity index (χ1n) is 11.6. The molecule has 0 unspecified atom stereocenters. The van der Waals surface area contributed by atoms with E-state index < -0.39 is 0 Å². The van der Waals surface area contributed by atoms with E-state index >= 15 is 0 Å². The summed E-state index contributed by atoms with van der Waals surface area (Å²) in [6.07, 6.45) is 27.4. The van der Waals surface area contributed by atoms with Crippen LogP contribution in [0.2, 0.25) is 0 Å². The predicted molar refractivity (Wildman–Crippen MR) is 125 cm³/mol. The smallest absolute Gasteiger partial charge is 0.0730 e. The fourth-order valence-corrected chi connectivity index (χ4v) is 5.04. The zero-order valence-electron chi connectivity index (χ0n) is 17.4. The van der Waals surface area contributed by atoms with Gasteiger partial charge in [0.2, 0.25) is 0 Å². The van der Waals surface area contributed by atoms with Crippen LogP contribution in [0, 0.1) is 0 Å². The van der Waals surface area contributed by atoms with Gasteiger partial charge in [-0.3, -0.25) is 0 Å². The molecular formula is C24H43BrS. The van der Waals surface area contributed by atoms with Crippen LogP contribution in [0.25, 0.3) is 0 Å². The first-order valence-corrected chi connectivity index (χ1v) is 13.2. The Morgan fingerprint density at radius 1 is 0.615 bits per heavy atom. The highest BCUT2D eigenvalue weighted by atomic mass is 79.9. The van der Waals surface area contributed by atoms with Gasteiger partial charge in [0.15, 0.2) is 0 Å². The van der Waals surface area contributed by atoms with Crippen molar-refractivity contribution in [1.29, 1.82) is 0 Å². The summed E-state index contributed by atoms with van der Waals surface area (Å²) < 4.78 is 1.34. The summed E-state index contributed by atoms with van der Waals surface area (Å²) in [5, 5.41) is 2.19. The van der Waals surface area contributed by atoms with Crippen LogP contribution in [-0.4, -0.2) is 0 Å². The molecule has 0 aliphatic rings. The molecule has 26 heavy (non-hydrogen) atoms. The van der Waals surface area contributed by atoms with Gasteiger partial charge in [0.1, 0.15) is 0 Å². The third-order valence-electron chi connectivity index (χ3n) is 5.49. The second-order valence-electron chi connectivity index (χ2n) is 7.98. The molecule has 1 aromatic heterocycles. The molecule has 0 radical (unpaired) electrons. The zero-order valence-corrected chi connectivity index (χ0v) is 19.8. The summed E-state index contributed by atoms with van der Waals surface area (Å²) in [4.78, 5) is 0. The molecule has 152 valence electrons. The molecular weight excluding hydrogens is 400 g/mol. The normalized spacial score (nSPS) is 11.3. The summed E-state index contributed by atoms with van der Waals surface area (Å²) >= 11 is 5.45. The fourth-order valence-electron chi connectivity index (χ4n) is 3.72. The zero-order chi connectivity index (χ0) is 18.7. The third kappa shape index (κ3) is 14.3. The van der Waals surface area contributed by atoms with Crippen molar-refractivity contribution < 1.29 is 0 Å². The number of hydrogen-bond acceptors (Lipinski definition) is 1. The van der Waals surface area contributed by atoms with Gasteiger partial charge < -0.3 is 0 Å². The molecule has 1 aromatic rings. The van der Waals surface area contributed by atoms with Gasteiger partial charge in [-0.25, -0.2) is 0 Å². The first-order chi connectivity index (χ1) is 12.8. The van der Waals surface area contributed by atoms with E-state index in [1.54, 1.807) is 0 Å². The van der Waals surface area contributed by atoms with Crippen LogP contribution >= 0.6 is 27.3 Å². The highest BCUT2D eigenvalue weighted by Crippen LogP contribution is 2.25. The lowest BCUT2D eigenvalue weighted by Crippen LogP contribution is -1.86. The van der Waals surface area contributed by atoms with Crippen molar-refractivity contribution >= 4 is 27.3 Å². The van der Waals surface area contributed by atoms with E-state index in [-0.39, 0.29) is 0 Å². The van der Waals surface area contributed by atoms with Crippen LogP contribution in [0.15, 0.2) is 15.2 Å². The van der Waals surface area contributed by atoms with Crippen molar-refractivity contribution in [2.24, 2.45) is 0 Å². The van der Waals surface area contributed by atoms with Crippen molar-refractivity contribution in [3.05, 3.63) is 20.8 Å². The Morgan fingerprint density at radius 3 is 1.35 bits per heavy atom. The van der Waals surface area contributed by atoms with E-state index in [1.807, 2.05) is 11.3 Å². The van der Waals surface area contributed by atoms with Crippen LogP contribution in [0.3, 0.4) is 0 Å². The van der Waals surface area contributed by atoms with Crippen molar-refractivity contribution in [3.63, 3.8) is 0 Å².